The summed E-state index contributed by atoms with van der Waals surface area (Å²) in [7, 11) is -3.20. The molecule has 1 aromatic carbocycles. The molecule has 0 aliphatic carbocycles. The number of aromatic nitrogens is 1. The molecule has 3 rings (SSSR count). The van der Waals surface area contributed by atoms with Crippen molar-refractivity contribution in [2.75, 3.05) is 37.3 Å². The van der Waals surface area contributed by atoms with E-state index in [0.717, 1.165) is 18.5 Å². The van der Waals surface area contributed by atoms with Crippen LogP contribution in [-0.4, -0.2) is 56.6 Å². The molecule has 1 aliphatic heterocycles. The van der Waals surface area contributed by atoms with Gasteiger partial charge in [-0.1, -0.05) is 12.1 Å². The highest BCUT2D eigenvalue weighted by Gasteiger charge is 2.31. The minimum Gasteiger partial charge on any atom is -0.353 e. The molecule has 156 valence electrons. The van der Waals surface area contributed by atoms with Crippen LogP contribution in [0.1, 0.15) is 21.5 Å². The molecular weight excluding hydrogens is 407 g/mol. The number of carbonyl (C=O) groups excluding carboxylic acids is 1. The van der Waals surface area contributed by atoms with E-state index in [-0.39, 0.29) is 11.7 Å². The van der Waals surface area contributed by atoms with Gasteiger partial charge >= 0.3 is 6.18 Å². The van der Waals surface area contributed by atoms with Crippen molar-refractivity contribution in [3.63, 3.8) is 0 Å². The van der Waals surface area contributed by atoms with Crippen LogP contribution < -0.4 is 4.90 Å². The number of rotatable bonds is 4. The van der Waals surface area contributed by atoms with Crippen LogP contribution >= 0.6 is 0 Å². The zero-order chi connectivity index (χ0) is 21.2. The highest BCUT2D eigenvalue weighted by molar-refractivity contribution is 7.89. The molecule has 0 N–H and O–H groups in total. The molecule has 1 amide bonds. The van der Waals surface area contributed by atoms with Gasteiger partial charge in [-0.3, -0.25) is 4.79 Å². The van der Waals surface area contributed by atoms with Crippen LogP contribution in [0, 0.1) is 0 Å². The van der Waals surface area contributed by atoms with Crippen molar-refractivity contribution in [3.05, 3.63) is 59.3 Å². The minimum atomic E-state index is -4.43. The van der Waals surface area contributed by atoms with E-state index in [4.69, 9.17) is 0 Å². The summed E-state index contributed by atoms with van der Waals surface area (Å²) in [6, 6.07) is 8.84. The molecule has 0 atom stereocenters. The fourth-order valence-corrected chi connectivity index (χ4v) is 3.94. The second-order valence-corrected chi connectivity index (χ2v) is 9.09. The van der Waals surface area contributed by atoms with Crippen LogP contribution in [0.15, 0.2) is 42.6 Å². The molecule has 6 nitrogen and oxygen atoms in total. The van der Waals surface area contributed by atoms with Crippen molar-refractivity contribution in [1.29, 1.82) is 0 Å². The molecule has 1 fully saturated rings. The Morgan fingerprint density at radius 1 is 1.10 bits per heavy atom. The van der Waals surface area contributed by atoms with Crippen LogP contribution in [0.2, 0.25) is 0 Å². The third-order valence-electron chi connectivity index (χ3n) is 4.57. The first-order chi connectivity index (χ1) is 13.5. The molecule has 1 aromatic heterocycles. The smallest absolute Gasteiger partial charge is 0.353 e. The largest absolute Gasteiger partial charge is 0.417 e. The van der Waals surface area contributed by atoms with Gasteiger partial charge in [-0.2, -0.15) is 13.2 Å². The van der Waals surface area contributed by atoms with Crippen molar-refractivity contribution in [1.82, 2.24) is 9.88 Å². The number of alkyl halides is 3. The third-order valence-corrected chi connectivity index (χ3v) is 5.43. The first-order valence-corrected chi connectivity index (χ1v) is 10.9. The van der Waals surface area contributed by atoms with Crippen LogP contribution in [0.5, 0.6) is 0 Å². The lowest BCUT2D eigenvalue weighted by Crippen LogP contribution is -2.49. The lowest BCUT2D eigenvalue weighted by Gasteiger charge is -2.35. The summed E-state index contributed by atoms with van der Waals surface area (Å²) in [6.07, 6.45) is -2.49. The standard InChI is InChI=1S/C19H20F3N3O3S/c1-29(27,28)13-14-3-2-4-15(11-14)18(26)25-9-7-24(8-10-25)17-6-5-16(12-23-17)19(20,21)22/h2-6,11-12H,7-10,13H2,1H3. The number of nitrogens with zero attached hydrogens (tertiary/aromatic N) is 3. The molecule has 1 aliphatic rings. The number of benzene rings is 1. The number of hydrogen-bond acceptors (Lipinski definition) is 5. The maximum atomic E-state index is 12.7. The van der Waals surface area contributed by atoms with Crippen LogP contribution in [0.4, 0.5) is 19.0 Å². The SMILES string of the molecule is CS(=O)(=O)Cc1cccc(C(=O)N2CCN(c3ccc(C(F)(F)F)cn3)CC2)c1. The van der Waals surface area contributed by atoms with E-state index in [2.05, 4.69) is 4.98 Å². The fraction of sp³-hybridized carbons (Fsp3) is 0.368. The van der Waals surface area contributed by atoms with E-state index in [1.54, 1.807) is 29.2 Å². The van der Waals surface area contributed by atoms with Gasteiger partial charge in [-0.15, -0.1) is 0 Å². The predicted molar refractivity (Wildman–Crippen MR) is 102 cm³/mol. The van der Waals surface area contributed by atoms with Crippen LogP contribution in [-0.2, 0) is 21.8 Å². The Balaban J connectivity index is 1.63. The van der Waals surface area contributed by atoms with Crippen molar-refractivity contribution >= 4 is 21.6 Å². The summed E-state index contributed by atoms with van der Waals surface area (Å²) in [5.41, 5.74) is 0.155. The summed E-state index contributed by atoms with van der Waals surface area (Å²) >= 11 is 0. The Bertz CT molecular complexity index is 984. The first-order valence-electron chi connectivity index (χ1n) is 8.87. The molecule has 10 heteroatoms. The summed E-state index contributed by atoms with van der Waals surface area (Å²) in [4.78, 5) is 20.1. The molecule has 0 saturated carbocycles. The van der Waals surface area contributed by atoms with Crippen molar-refractivity contribution in [2.24, 2.45) is 0 Å². The average molecular weight is 427 g/mol. The monoisotopic (exact) mass is 427 g/mol. The van der Waals surface area contributed by atoms with Crippen molar-refractivity contribution in [2.45, 2.75) is 11.9 Å². The Kier molecular flexibility index (Phi) is 5.83. The number of amides is 1. The zero-order valence-corrected chi connectivity index (χ0v) is 16.5. The van der Waals surface area contributed by atoms with Crippen molar-refractivity contribution in [3.8, 4) is 0 Å². The van der Waals surface area contributed by atoms with Gasteiger partial charge in [0, 0.05) is 44.2 Å². The number of pyridine rings is 1. The number of piperazine rings is 1. The minimum absolute atomic E-state index is 0.137. The number of halogens is 3. The Morgan fingerprint density at radius 2 is 1.79 bits per heavy atom. The van der Waals surface area contributed by atoms with Gasteiger partial charge in [0.2, 0.25) is 0 Å². The molecule has 29 heavy (non-hydrogen) atoms. The van der Waals surface area contributed by atoms with Crippen LogP contribution in [0.3, 0.4) is 0 Å². The number of anilines is 1. The van der Waals surface area contributed by atoms with E-state index in [1.165, 1.54) is 6.07 Å². The normalized spacial score (nSPS) is 15.4. The summed E-state index contributed by atoms with van der Waals surface area (Å²) in [5.74, 6) is 0.0854. The van der Waals surface area contributed by atoms with E-state index in [9.17, 15) is 26.4 Å². The van der Waals surface area contributed by atoms with Gasteiger partial charge in [0.05, 0.1) is 11.3 Å². The van der Waals surface area contributed by atoms with Gasteiger partial charge in [0.15, 0.2) is 9.84 Å². The van der Waals surface area contributed by atoms with Crippen molar-refractivity contribution < 1.29 is 26.4 Å². The lowest BCUT2D eigenvalue weighted by molar-refractivity contribution is -0.137. The average Bonchev–Trinajstić information content (AvgIpc) is 2.66. The number of hydrogen-bond donors (Lipinski definition) is 0. The maximum absolute atomic E-state index is 12.7. The van der Waals surface area contributed by atoms with Gasteiger partial charge in [0.25, 0.3) is 5.91 Å². The third kappa shape index (κ3) is 5.47. The zero-order valence-electron chi connectivity index (χ0n) is 15.7. The Hall–Kier alpha value is -2.62. The number of carbonyl (C=O) groups is 1. The van der Waals surface area contributed by atoms with E-state index in [1.807, 2.05) is 4.90 Å². The second kappa shape index (κ2) is 8.02. The highest BCUT2D eigenvalue weighted by atomic mass is 32.2. The quantitative estimate of drug-likeness (QED) is 0.750. The molecule has 2 heterocycles. The molecule has 0 spiro atoms. The topological polar surface area (TPSA) is 70.6 Å². The molecule has 1 saturated heterocycles. The van der Waals surface area contributed by atoms with E-state index in [0.29, 0.717) is 43.1 Å². The van der Waals surface area contributed by atoms with Gasteiger partial charge in [0.1, 0.15) is 5.82 Å². The molecular formula is C19H20F3N3O3S. The molecule has 2 aromatic rings. The van der Waals surface area contributed by atoms with E-state index >= 15 is 0 Å². The fourth-order valence-electron chi connectivity index (χ4n) is 3.16. The summed E-state index contributed by atoms with van der Waals surface area (Å²) in [5, 5.41) is 0. The Morgan fingerprint density at radius 3 is 2.34 bits per heavy atom. The van der Waals surface area contributed by atoms with Crippen LogP contribution in [0.25, 0.3) is 0 Å². The lowest BCUT2D eigenvalue weighted by atomic mass is 10.1. The predicted octanol–water partition coefficient (Wildman–Crippen LogP) is 2.61. The van der Waals surface area contributed by atoms with E-state index < -0.39 is 21.6 Å². The highest BCUT2D eigenvalue weighted by Crippen LogP contribution is 2.29. The molecule has 0 bridgehead atoms. The molecule has 0 unspecified atom stereocenters. The number of sulfone groups is 1. The Labute approximate surface area is 166 Å². The second-order valence-electron chi connectivity index (χ2n) is 6.95. The summed E-state index contributed by atoms with van der Waals surface area (Å²) < 4.78 is 60.9. The first kappa shape index (κ1) is 21.1. The van der Waals surface area contributed by atoms with Gasteiger partial charge in [-0.25, -0.2) is 13.4 Å². The molecule has 0 radical (unpaired) electrons. The van der Waals surface area contributed by atoms with Gasteiger partial charge < -0.3 is 9.80 Å². The van der Waals surface area contributed by atoms with Gasteiger partial charge in [-0.05, 0) is 29.8 Å². The summed E-state index contributed by atoms with van der Waals surface area (Å²) in [6.45, 7) is 1.65. The maximum Gasteiger partial charge on any atom is 0.417 e.